The Balaban J connectivity index is 2.28. The average molecular weight is 266 g/mol. The van der Waals surface area contributed by atoms with E-state index in [0.717, 1.165) is 25.1 Å². The van der Waals surface area contributed by atoms with Crippen LogP contribution in [0.25, 0.3) is 0 Å². The summed E-state index contributed by atoms with van der Waals surface area (Å²) in [5.41, 5.74) is 3.44. The average Bonchev–Trinajstić information content (AvgIpc) is 2.55. The van der Waals surface area contributed by atoms with Crippen molar-refractivity contribution < 1.29 is 4.79 Å². The standard InChI is InChI=1S/C14H26N4O/c1-10(2)6-8-15-14(19)16-9-7-13-11(3)17-18(5)12(13)4/h10H,6-9H2,1-5H3,(H2,15,16,19). The largest absolute Gasteiger partial charge is 0.338 e. The van der Waals surface area contributed by atoms with Crippen LogP contribution in [0, 0.1) is 19.8 Å². The van der Waals surface area contributed by atoms with Crippen LogP contribution in [0.5, 0.6) is 0 Å². The van der Waals surface area contributed by atoms with Crippen molar-refractivity contribution in [2.75, 3.05) is 13.1 Å². The molecule has 0 aromatic carbocycles. The van der Waals surface area contributed by atoms with Gasteiger partial charge in [-0.15, -0.1) is 0 Å². The van der Waals surface area contributed by atoms with Crippen LogP contribution < -0.4 is 10.6 Å². The predicted molar refractivity (Wildman–Crippen MR) is 77.2 cm³/mol. The zero-order valence-corrected chi connectivity index (χ0v) is 12.7. The number of nitrogens with one attached hydrogen (secondary N) is 2. The molecule has 5 nitrogen and oxygen atoms in total. The summed E-state index contributed by atoms with van der Waals surface area (Å²) < 4.78 is 1.88. The SMILES string of the molecule is Cc1nn(C)c(C)c1CCNC(=O)NCCC(C)C. The van der Waals surface area contributed by atoms with Gasteiger partial charge in [0, 0.05) is 25.8 Å². The molecule has 2 N–H and O–H groups in total. The monoisotopic (exact) mass is 266 g/mol. The van der Waals surface area contributed by atoms with Crippen LogP contribution in [0.2, 0.25) is 0 Å². The highest BCUT2D eigenvalue weighted by Gasteiger charge is 2.09. The molecule has 0 aliphatic rings. The Labute approximate surface area is 115 Å². The third-order valence-corrected chi connectivity index (χ3v) is 3.33. The molecule has 0 aliphatic heterocycles. The van der Waals surface area contributed by atoms with Gasteiger partial charge in [0.15, 0.2) is 0 Å². The highest BCUT2D eigenvalue weighted by molar-refractivity contribution is 5.73. The van der Waals surface area contributed by atoms with Crippen LogP contribution in [0.15, 0.2) is 0 Å². The molecule has 1 aromatic heterocycles. The molecular weight excluding hydrogens is 240 g/mol. The maximum atomic E-state index is 11.5. The Morgan fingerprint density at radius 1 is 1.26 bits per heavy atom. The van der Waals surface area contributed by atoms with Gasteiger partial charge in [0.25, 0.3) is 0 Å². The molecule has 0 spiro atoms. The molecule has 0 bridgehead atoms. The number of hydrogen-bond donors (Lipinski definition) is 2. The fourth-order valence-electron chi connectivity index (χ4n) is 2.02. The van der Waals surface area contributed by atoms with E-state index in [-0.39, 0.29) is 6.03 Å². The Morgan fingerprint density at radius 3 is 2.42 bits per heavy atom. The molecule has 0 unspecified atom stereocenters. The number of aromatic nitrogens is 2. The normalized spacial score (nSPS) is 10.8. The summed E-state index contributed by atoms with van der Waals surface area (Å²) >= 11 is 0. The fourth-order valence-corrected chi connectivity index (χ4v) is 2.02. The summed E-state index contributed by atoms with van der Waals surface area (Å²) in [6, 6.07) is -0.0835. The first-order chi connectivity index (χ1) is 8.91. The van der Waals surface area contributed by atoms with Gasteiger partial charge in [0.1, 0.15) is 0 Å². The summed E-state index contributed by atoms with van der Waals surface area (Å²) in [7, 11) is 1.94. The maximum Gasteiger partial charge on any atom is 0.314 e. The van der Waals surface area contributed by atoms with Crippen molar-refractivity contribution in [3.05, 3.63) is 17.0 Å². The van der Waals surface area contributed by atoms with Gasteiger partial charge in [-0.2, -0.15) is 5.10 Å². The van der Waals surface area contributed by atoms with Crippen LogP contribution >= 0.6 is 0 Å². The quantitative estimate of drug-likeness (QED) is 0.826. The van der Waals surface area contributed by atoms with Crippen LogP contribution in [-0.4, -0.2) is 28.9 Å². The first-order valence-electron chi connectivity index (χ1n) is 6.92. The zero-order valence-electron chi connectivity index (χ0n) is 12.7. The molecule has 0 saturated heterocycles. The highest BCUT2D eigenvalue weighted by Crippen LogP contribution is 2.11. The Bertz CT molecular complexity index is 423. The van der Waals surface area contributed by atoms with E-state index in [1.54, 1.807) is 0 Å². The third kappa shape index (κ3) is 4.93. The van der Waals surface area contributed by atoms with Gasteiger partial charge in [0.2, 0.25) is 0 Å². The van der Waals surface area contributed by atoms with E-state index in [9.17, 15) is 4.79 Å². The number of carbonyl (C=O) groups excluding carboxylic acids is 1. The number of nitrogens with zero attached hydrogens (tertiary/aromatic N) is 2. The van der Waals surface area contributed by atoms with Crippen LogP contribution in [-0.2, 0) is 13.5 Å². The van der Waals surface area contributed by atoms with Gasteiger partial charge in [-0.05, 0) is 38.2 Å². The van der Waals surface area contributed by atoms with E-state index >= 15 is 0 Å². The summed E-state index contributed by atoms with van der Waals surface area (Å²) in [5.74, 6) is 0.612. The smallest absolute Gasteiger partial charge is 0.314 e. The zero-order chi connectivity index (χ0) is 14.4. The summed E-state index contributed by atoms with van der Waals surface area (Å²) in [6.07, 6.45) is 1.83. The third-order valence-electron chi connectivity index (χ3n) is 3.33. The van der Waals surface area contributed by atoms with Crippen molar-refractivity contribution in [2.24, 2.45) is 13.0 Å². The molecular formula is C14H26N4O. The Morgan fingerprint density at radius 2 is 1.89 bits per heavy atom. The molecule has 108 valence electrons. The van der Waals surface area contributed by atoms with Gasteiger partial charge < -0.3 is 10.6 Å². The van der Waals surface area contributed by atoms with Gasteiger partial charge >= 0.3 is 6.03 Å². The topological polar surface area (TPSA) is 59.0 Å². The number of aryl methyl sites for hydroxylation is 2. The van der Waals surface area contributed by atoms with E-state index < -0.39 is 0 Å². The number of urea groups is 1. The first-order valence-corrected chi connectivity index (χ1v) is 6.92. The second-order valence-corrected chi connectivity index (χ2v) is 5.39. The van der Waals surface area contributed by atoms with Crippen LogP contribution in [0.3, 0.4) is 0 Å². The molecule has 1 rings (SSSR count). The van der Waals surface area contributed by atoms with Gasteiger partial charge in [-0.1, -0.05) is 13.8 Å². The number of carbonyl (C=O) groups is 1. The van der Waals surface area contributed by atoms with Crippen molar-refractivity contribution in [3.63, 3.8) is 0 Å². The lowest BCUT2D eigenvalue weighted by atomic mass is 10.1. The van der Waals surface area contributed by atoms with Crippen molar-refractivity contribution in [1.82, 2.24) is 20.4 Å². The van der Waals surface area contributed by atoms with Crippen LogP contribution in [0.4, 0.5) is 4.79 Å². The number of rotatable bonds is 6. The van der Waals surface area contributed by atoms with Gasteiger partial charge in [-0.25, -0.2) is 4.79 Å². The molecule has 0 aliphatic carbocycles. The summed E-state index contributed by atoms with van der Waals surface area (Å²) in [6.45, 7) is 9.72. The second kappa shape index (κ2) is 7.16. The van der Waals surface area contributed by atoms with E-state index in [1.165, 1.54) is 11.3 Å². The second-order valence-electron chi connectivity index (χ2n) is 5.39. The van der Waals surface area contributed by atoms with Crippen molar-refractivity contribution in [1.29, 1.82) is 0 Å². The predicted octanol–water partition coefficient (Wildman–Crippen LogP) is 1.92. The Kier molecular flexibility index (Phi) is 5.86. The fraction of sp³-hybridized carbons (Fsp3) is 0.714. The molecule has 1 aromatic rings. The van der Waals surface area contributed by atoms with E-state index in [4.69, 9.17) is 0 Å². The van der Waals surface area contributed by atoms with Crippen molar-refractivity contribution >= 4 is 6.03 Å². The Hall–Kier alpha value is -1.52. The minimum absolute atomic E-state index is 0.0835. The molecule has 0 atom stereocenters. The minimum atomic E-state index is -0.0835. The number of hydrogen-bond acceptors (Lipinski definition) is 2. The van der Waals surface area contributed by atoms with E-state index in [1.807, 2.05) is 18.7 Å². The van der Waals surface area contributed by atoms with Gasteiger partial charge in [-0.3, -0.25) is 4.68 Å². The number of amides is 2. The van der Waals surface area contributed by atoms with Crippen LogP contribution in [0.1, 0.15) is 37.2 Å². The summed E-state index contributed by atoms with van der Waals surface area (Å²) in [5, 5.41) is 10.1. The lowest BCUT2D eigenvalue weighted by Gasteiger charge is -2.09. The molecule has 0 radical (unpaired) electrons. The van der Waals surface area contributed by atoms with Crippen molar-refractivity contribution in [2.45, 2.75) is 40.5 Å². The molecule has 1 heterocycles. The molecule has 5 heteroatoms. The van der Waals surface area contributed by atoms with E-state index in [0.29, 0.717) is 12.5 Å². The molecule has 0 fully saturated rings. The maximum absolute atomic E-state index is 11.5. The van der Waals surface area contributed by atoms with E-state index in [2.05, 4.69) is 36.5 Å². The van der Waals surface area contributed by atoms with Crippen molar-refractivity contribution in [3.8, 4) is 0 Å². The minimum Gasteiger partial charge on any atom is -0.338 e. The lowest BCUT2D eigenvalue weighted by Crippen LogP contribution is -2.37. The highest BCUT2D eigenvalue weighted by atomic mass is 16.2. The molecule has 2 amide bonds. The first kappa shape index (κ1) is 15.5. The van der Waals surface area contributed by atoms with Gasteiger partial charge in [0.05, 0.1) is 5.69 Å². The lowest BCUT2D eigenvalue weighted by molar-refractivity contribution is 0.240. The summed E-state index contributed by atoms with van der Waals surface area (Å²) in [4.78, 5) is 11.5. The molecule has 0 saturated carbocycles. The molecule has 19 heavy (non-hydrogen) atoms.